The van der Waals surface area contributed by atoms with Crippen molar-refractivity contribution in [2.24, 2.45) is 0 Å². The molecule has 0 aliphatic rings. The highest BCUT2D eigenvalue weighted by Crippen LogP contribution is 2.30. The van der Waals surface area contributed by atoms with E-state index in [4.69, 9.17) is 4.74 Å². The van der Waals surface area contributed by atoms with Crippen molar-refractivity contribution in [2.75, 3.05) is 31.3 Å². The molecular weight excluding hydrogens is 408 g/mol. The van der Waals surface area contributed by atoms with Crippen LogP contribution in [0.2, 0.25) is 0 Å². The number of thioether (sulfide) groups is 1. The Balaban J connectivity index is 2.39. The Morgan fingerprint density at radius 2 is 1.79 bits per heavy atom. The van der Waals surface area contributed by atoms with E-state index >= 15 is 0 Å². The van der Waals surface area contributed by atoms with Crippen molar-refractivity contribution in [3.05, 3.63) is 48.0 Å². The lowest BCUT2D eigenvalue weighted by Gasteiger charge is -2.20. The fraction of sp³-hybridized carbons (Fsp3) is 0.381. The average molecular weight is 437 g/mol. The molecule has 0 heterocycles. The summed E-state index contributed by atoms with van der Waals surface area (Å²) >= 11 is 1.62. The Hall–Kier alpha value is -2.03. The SMILES string of the molecule is CCCSc1ccccc1C(=O)Nc1cc(S(=O)(=O)N(CC)CC)ccc1OC. The largest absolute Gasteiger partial charge is 0.495 e. The Morgan fingerprint density at radius 3 is 2.41 bits per heavy atom. The van der Waals surface area contributed by atoms with E-state index in [1.165, 1.54) is 23.5 Å². The molecule has 0 bridgehead atoms. The maximum absolute atomic E-state index is 12.9. The molecule has 6 nitrogen and oxygen atoms in total. The zero-order chi connectivity index (χ0) is 21.4. The number of anilines is 1. The minimum absolute atomic E-state index is 0.117. The molecule has 0 aliphatic carbocycles. The minimum Gasteiger partial charge on any atom is -0.495 e. The van der Waals surface area contributed by atoms with Crippen LogP contribution in [0.25, 0.3) is 0 Å². The minimum atomic E-state index is -3.65. The van der Waals surface area contributed by atoms with Gasteiger partial charge in [-0.15, -0.1) is 11.8 Å². The second kappa shape index (κ2) is 10.7. The van der Waals surface area contributed by atoms with Gasteiger partial charge in [0.15, 0.2) is 0 Å². The summed E-state index contributed by atoms with van der Waals surface area (Å²) in [6.45, 7) is 6.40. The first-order chi connectivity index (χ1) is 13.9. The number of methoxy groups -OCH3 is 1. The van der Waals surface area contributed by atoms with Crippen molar-refractivity contribution in [1.29, 1.82) is 0 Å². The van der Waals surface area contributed by atoms with Gasteiger partial charge in [-0.1, -0.05) is 32.9 Å². The van der Waals surface area contributed by atoms with Crippen LogP contribution in [0, 0.1) is 0 Å². The fourth-order valence-corrected chi connectivity index (χ4v) is 5.24. The first-order valence-electron chi connectivity index (χ1n) is 9.60. The molecule has 2 aromatic carbocycles. The van der Waals surface area contributed by atoms with Crippen molar-refractivity contribution in [2.45, 2.75) is 37.0 Å². The van der Waals surface area contributed by atoms with Gasteiger partial charge in [0.05, 0.1) is 23.3 Å². The van der Waals surface area contributed by atoms with E-state index in [-0.39, 0.29) is 10.8 Å². The van der Waals surface area contributed by atoms with Crippen LogP contribution in [0.15, 0.2) is 52.3 Å². The lowest BCUT2D eigenvalue weighted by Crippen LogP contribution is -2.30. The number of rotatable bonds is 10. The monoisotopic (exact) mass is 436 g/mol. The Morgan fingerprint density at radius 1 is 1.10 bits per heavy atom. The van der Waals surface area contributed by atoms with E-state index in [2.05, 4.69) is 12.2 Å². The Bertz CT molecular complexity index is 941. The van der Waals surface area contributed by atoms with E-state index in [0.29, 0.717) is 30.1 Å². The van der Waals surface area contributed by atoms with Crippen molar-refractivity contribution in [3.8, 4) is 5.75 Å². The summed E-state index contributed by atoms with van der Waals surface area (Å²) in [6.07, 6.45) is 1.000. The average Bonchev–Trinajstić information content (AvgIpc) is 2.73. The van der Waals surface area contributed by atoms with Crippen LogP contribution >= 0.6 is 11.8 Å². The second-order valence-electron chi connectivity index (χ2n) is 6.25. The highest BCUT2D eigenvalue weighted by atomic mass is 32.2. The number of carbonyl (C=O) groups excluding carboxylic acids is 1. The van der Waals surface area contributed by atoms with E-state index < -0.39 is 10.0 Å². The normalized spacial score (nSPS) is 11.5. The second-order valence-corrected chi connectivity index (χ2v) is 9.32. The Labute approximate surface area is 177 Å². The predicted octanol–water partition coefficient (Wildman–Crippen LogP) is 4.48. The first-order valence-corrected chi connectivity index (χ1v) is 12.0. The number of sulfonamides is 1. The molecule has 0 aliphatic heterocycles. The molecule has 158 valence electrons. The maximum Gasteiger partial charge on any atom is 0.256 e. The summed E-state index contributed by atoms with van der Waals surface area (Å²) in [5.41, 5.74) is 0.867. The van der Waals surface area contributed by atoms with Gasteiger partial charge in [-0.05, 0) is 42.5 Å². The molecule has 0 atom stereocenters. The first kappa shape index (κ1) is 23.3. The van der Waals surface area contributed by atoms with Gasteiger partial charge in [-0.3, -0.25) is 4.79 Å². The molecule has 0 aromatic heterocycles. The van der Waals surface area contributed by atoms with Crippen LogP contribution in [0.5, 0.6) is 5.75 Å². The topological polar surface area (TPSA) is 75.7 Å². The van der Waals surface area contributed by atoms with Crippen LogP contribution in [0.3, 0.4) is 0 Å². The van der Waals surface area contributed by atoms with Crippen molar-refractivity contribution in [3.63, 3.8) is 0 Å². The standard InChI is InChI=1S/C21H28N2O4S2/c1-5-14-28-20-11-9-8-10-17(20)21(24)22-18-15-16(12-13-19(18)27-4)29(25,26)23(6-2)7-3/h8-13,15H,5-7,14H2,1-4H3,(H,22,24). The molecule has 29 heavy (non-hydrogen) atoms. The molecule has 0 radical (unpaired) electrons. The Kier molecular flexibility index (Phi) is 8.55. The van der Waals surface area contributed by atoms with Gasteiger partial charge >= 0.3 is 0 Å². The van der Waals surface area contributed by atoms with E-state index in [1.807, 2.05) is 18.2 Å². The van der Waals surface area contributed by atoms with E-state index in [9.17, 15) is 13.2 Å². The third kappa shape index (κ3) is 5.52. The van der Waals surface area contributed by atoms with Crippen LogP contribution in [0.1, 0.15) is 37.6 Å². The van der Waals surface area contributed by atoms with Gasteiger partial charge in [-0.2, -0.15) is 4.31 Å². The molecule has 2 aromatic rings. The number of nitrogens with one attached hydrogen (secondary N) is 1. The molecule has 1 amide bonds. The number of carbonyl (C=O) groups is 1. The van der Waals surface area contributed by atoms with Crippen LogP contribution in [-0.2, 0) is 10.0 Å². The number of benzene rings is 2. The lowest BCUT2D eigenvalue weighted by atomic mass is 10.2. The van der Waals surface area contributed by atoms with Gasteiger partial charge in [0, 0.05) is 18.0 Å². The summed E-state index contributed by atoms with van der Waals surface area (Å²) in [5, 5.41) is 2.82. The van der Waals surface area contributed by atoms with Crippen LogP contribution in [-0.4, -0.2) is 44.6 Å². The summed E-state index contributed by atoms with van der Waals surface area (Å²) in [6, 6.07) is 11.9. The molecule has 0 spiro atoms. The van der Waals surface area contributed by atoms with Gasteiger partial charge in [0.25, 0.3) is 5.91 Å². The summed E-state index contributed by atoms with van der Waals surface area (Å²) in [4.78, 5) is 13.9. The number of hydrogen-bond acceptors (Lipinski definition) is 5. The quantitative estimate of drug-likeness (QED) is 0.556. The molecule has 8 heteroatoms. The number of amides is 1. The van der Waals surface area contributed by atoms with Gasteiger partial charge in [0.2, 0.25) is 10.0 Å². The highest BCUT2D eigenvalue weighted by molar-refractivity contribution is 7.99. The lowest BCUT2D eigenvalue weighted by molar-refractivity contribution is 0.102. The molecule has 1 N–H and O–H groups in total. The van der Waals surface area contributed by atoms with Crippen molar-refractivity contribution < 1.29 is 17.9 Å². The summed E-state index contributed by atoms with van der Waals surface area (Å²) in [5.74, 6) is 1.00. The van der Waals surface area contributed by atoms with Crippen molar-refractivity contribution >= 4 is 33.4 Å². The predicted molar refractivity (Wildman–Crippen MR) is 119 cm³/mol. The highest BCUT2D eigenvalue weighted by Gasteiger charge is 2.23. The number of ether oxygens (including phenoxy) is 1. The van der Waals surface area contributed by atoms with Gasteiger partial charge in [-0.25, -0.2) is 8.42 Å². The van der Waals surface area contributed by atoms with Gasteiger partial charge < -0.3 is 10.1 Å². The molecule has 2 rings (SSSR count). The van der Waals surface area contributed by atoms with E-state index in [0.717, 1.165) is 17.1 Å². The maximum atomic E-state index is 12.9. The molecule has 0 saturated heterocycles. The molecule has 0 saturated carbocycles. The summed E-state index contributed by atoms with van der Waals surface area (Å²) < 4.78 is 32.4. The van der Waals surface area contributed by atoms with Crippen LogP contribution < -0.4 is 10.1 Å². The fourth-order valence-electron chi connectivity index (χ4n) is 2.84. The van der Waals surface area contributed by atoms with Crippen molar-refractivity contribution in [1.82, 2.24) is 4.31 Å². The third-order valence-corrected chi connectivity index (χ3v) is 7.68. The molecular formula is C21H28N2O4S2. The molecule has 0 fully saturated rings. The third-order valence-electron chi connectivity index (χ3n) is 4.36. The summed E-state index contributed by atoms with van der Waals surface area (Å²) in [7, 11) is -2.17. The smallest absolute Gasteiger partial charge is 0.256 e. The number of hydrogen-bond donors (Lipinski definition) is 1. The zero-order valence-electron chi connectivity index (χ0n) is 17.3. The van der Waals surface area contributed by atoms with E-state index in [1.54, 1.807) is 37.7 Å². The number of nitrogens with zero attached hydrogens (tertiary/aromatic N) is 1. The zero-order valence-corrected chi connectivity index (χ0v) is 18.9. The van der Waals surface area contributed by atoms with Gasteiger partial charge in [0.1, 0.15) is 5.75 Å². The molecule has 0 unspecified atom stereocenters. The van der Waals surface area contributed by atoms with Crippen LogP contribution in [0.4, 0.5) is 5.69 Å².